The lowest BCUT2D eigenvalue weighted by molar-refractivity contribution is -0.154. The van der Waals surface area contributed by atoms with Gasteiger partial charge in [-0.3, -0.25) is 19.5 Å². The van der Waals surface area contributed by atoms with Crippen molar-refractivity contribution in [2.45, 2.75) is 46.3 Å². The largest absolute Gasteiger partial charge is 0.476 e. The first-order valence-electron chi connectivity index (χ1n) is 12.9. The molecule has 0 saturated carbocycles. The van der Waals surface area contributed by atoms with E-state index in [1.807, 2.05) is 26.8 Å². The Labute approximate surface area is 226 Å². The van der Waals surface area contributed by atoms with E-state index in [1.165, 1.54) is 12.1 Å². The van der Waals surface area contributed by atoms with E-state index in [4.69, 9.17) is 14.2 Å². The molecule has 3 rings (SSSR count). The van der Waals surface area contributed by atoms with Crippen molar-refractivity contribution in [3.63, 3.8) is 0 Å². The van der Waals surface area contributed by atoms with Crippen molar-refractivity contribution in [3.05, 3.63) is 46.8 Å². The van der Waals surface area contributed by atoms with Crippen LogP contribution < -0.4 is 14.8 Å². The second-order valence-corrected chi connectivity index (χ2v) is 9.73. The summed E-state index contributed by atoms with van der Waals surface area (Å²) < 4.78 is 53.8. The summed E-state index contributed by atoms with van der Waals surface area (Å²) in [6.45, 7) is 9.11. The Morgan fingerprint density at radius 2 is 1.82 bits per heavy atom. The molecule has 1 atom stereocenters. The minimum absolute atomic E-state index is 0.0594. The van der Waals surface area contributed by atoms with Gasteiger partial charge >= 0.3 is 6.18 Å². The molecule has 214 valence electrons. The normalized spacial score (nSPS) is 15.2. The molecule has 1 amide bonds. The zero-order valence-corrected chi connectivity index (χ0v) is 22.6. The van der Waals surface area contributed by atoms with Gasteiger partial charge in [0.25, 0.3) is 5.91 Å². The van der Waals surface area contributed by atoms with Crippen molar-refractivity contribution >= 4 is 11.7 Å². The van der Waals surface area contributed by atoms with E-state index in [2.05, 4.69) is 20.2 Å². The summed E-state index contributed by atoms with van der Waals surface area (Å²) in [4.78, 5) is 36.0. The molecular weight excluding hydrogens is 517 g/mol. The summed E-state index contributed by atoms with van der Waals surface area (Å²) in [5.74, 6) is -1.00. The predicted molar refractivity (Wildman–Crippen MR) is 137 cm³/mol. The van der Waals surface area contributed by atoms with Crippen LogP contribution in [0.3, 0.4) is 0 Å². The summed E-state index contributed by atoms with van der Waals surface area (Å²) >= 11 is 0. The van der Waals surface area contributed by atoms with Gasteiger partial charge in [0.15, 0.2) is 6.61 Å². The Bertz CT molecular complexity index is 1140. The van der Waals surface area contributed by atoms with Crippen molar-refractivity contribution in [1.82, 2.24) is 20.2 Å². The number of pyridine rings is 2. The van der Waals surface area contributed by atoms with Gasteiger partial charge in [0.2, 0.25) is 11.8 Å². The van der Waals surface area contributed by atoms with Crippen LogP contribution in [0.2, 0.25) is 0 Å². The number of hydrogen-bond acceptors (Lipinski definition) is 8. The molecule has 0 aromatic carbocycles. The van der Waals surface area contributed by atoms with Gasteiger partial charge in [0.05, 0.1) is 19.3 Å². The first-order valence-corrected chi connectivity index (χ1v) is 12.9. The molecule has 1 fully saturated rings. The average Bonchev–Trinajstić information content (AvgIpc) is 2.87. The van der Waals surface area contributed by atoms with Crippen LogP contribution in [0.5, 0.6) is 11.8 Å². The van der Waals surface area contributed by atoms with Crippen LogP contribution in [0.15, 0.2) is 24.3 Å². The number of Topliss-reactive ketones (excluding diaryl/α,β-unsaturated/α-hetero) is 1. The van der Waals surface area contributed by atoms with E-state index in [-0.39, 0.29) is 42.1 Å². The van der Waals surface area contributed by atoms with E-state index >= 15 is 0 Å². The quantitative estimate of drug-likeness (QED) is 0.425. The Morgan fingerprint density at radius 1 is 1.10 bits per heavy atom. The van der Waals surface area contributed by atoms with Crippen LogP contribution in [0.25, 0.3) is 0 Å². The van der Waals surface area contributed by atoms with Gasteiger partial charge in [0, 0.05) is 49.4 Å². The van der Waals surface area contributed by atoms with Crippen molar-refractivity contribution in [3.8, 4) is 11.8 Å². The van der Waals surface area contributed by atoms with Crippen LogP contribution in [0.1, 0.15) is 54.1 Å². The van der Waals surface area contributed by atoms with Gasteiger partial charge in [0.1, 0.15) is 18.0 Å². The molecule has 0 radical (unpaired) electrons. The SMILES string of the molecule is Cc1cc(C(C)NC(=O)c2ccc(OCC(F)(F)F)nc2OCCN2CCOCC2)cc(CC(=O)C(C)C)n1. The number of halogens is 3. The number of carbonyl (C=O) groups is 2. The number of ether oxygens (including phenoxy) is 3. The highest BCUT2D eigenvalue weighted by atomic mass is 19.4. The molecule has 0 bridgehead atoms. The van der Waals surface area contributed by atoms with E-state index in [0.29, 0.717) is 31.1 Å². The van der Waals surface area contributed by atoms with Crippen LogP contribution >= 0.6 is 0 Å². The Hall–Kier alpha value is -3.25. The van der Waals surface area contributed by atoms with E-state index < -0.39 is 24.7 Å². The summed E-state index contributed by atoms with van der Waals surface area (Å²) in [5.41, 5.74) is 2.14. The van der Waals surface area contributed by atoms with Gasteiger partial charge < -0.3 is 19.5 Å². The summed E-state index contributed by atoms with van der Waals surface area (Å²) in [6, 6.07) is 5.67. The summed E-state index contributed by atoms with van der Waals surface area (Å²) in [6.07, 6.45) is -4.34. The third-order valence-electron chi connectivity index (χ3n) is 6.09. The highest BCUT2D eigenvalue weighted by Gasteiger charge is 2.29. The molecule has 2 aromatic heterocycles. The second-order valence-electron chi connectivity index (χ2n) is 9.73. The third-order valence-corrected chi connectivity index (χ3v) is 6.09. The fraction of sp³-hybridized carbons (Fsp3) is 0.556. The van der Waals surface area contributed by atoms with Gasteiger partial charge in [-0.1, -0.05) is 13.8 Å². The fourth-order valence-corrected chi connectivity index (χ4v) is 3.89. The predicted octanol–water partition coefficient (Wildman–Crippen LogP) is 3.70. The second kappa shape index (κ2) is 13.7. The molecule has 1 N–H and O–H groups in total. The molecule has 1 unspecified atom stereocenters. The standard InChI is InChI=1S/C27H35F3N4O5/c1-17(2)23(35)15-21-14-20(13-18(3)31-21)19(4)32-25(36)22-5-6-24(39-16-27(28,29)30)33-26(22)38-12-9-34-7-10-37-11-8-34/h5-6,13-14,17,19H,7-12,15-16H2,1-4H3,(H,32,36). The van der Waals surface area contributed by atoms with Crippen molar-refractivity contribution in [2.24, 2.45) is 5.92 Å². The number of carbonyl (C=O) groups excluding carboxylic acids is 2. The van der Waals surface area contributed by atoms with E-state index in [9.17, 15) is 22.8 Å². The topological polar surface area (TPSA) is 103 Å². The molecule has 9 nitrogen and oxygen atoms in total. The number of alkyl halides is 3. The molecule has 1 saturated heterocycles. The maximum Gasteiger partial charge on any atom is 0.422 e. The van der Waals surface area contributed by atoms with Gasteiger partial charge in [-0.25, -0.2) is 0 Å². The Balaban J connectivity index is 1.75. The summed E-state index contributed by atoms with van der Waals surface area (Å²) in [5, 5.41) is 2.88. The van der Waals surface area contributed by atoms with Gasteiger partial charge in [-0.15, -0.1) is 0 Å². The number of ketones is 1. The lowest BCUT2D eigenvalue weighted by atomic mass is 10.0. The number of morpholine rings is 1. The number of nitrogens with one attached hydrogen (secondary N) is 1. The minimum atomic E-state index is -4.54. The third kappa shape index (κ3) is 9.77. The van der Waals surface area contributed by atoms with Gasteiger partial charge in [-0.05, 0) is 37.6 Å². The zero-order chi connectivity index (χ0) is 28.6. The van der Waals surface area contributed by atoms with Crippen molar-refractivity contribution < 1.29 is 37.0 Å². The molecule has 12 heteroatoms. The molecule has 39 heavy (non-hydrogen) atoms. The number of amides is 1. The van der Waals surface area contributed by atoms with Gasteiger partial charge in [-0.2, -0.15) is 18.2 Å². The highest BCUT2D eigenvalue weighted by Crippen LogP contribution is 2.24. The van der Waals surface area contributed by atoms with Crippen LogP contribution in [-0.2, 0) is 16.0 Å². The van der Waals surface area contributed by atoms with Crippen LogP contribution in [0.4, 0.5) is 13.2 Å². The average molecular weight is 553 g/mol. The molecule has 2 aromatic rings. The molecule has 3 heterocycles. The smallest absolute Gasteiger partial charge is 0.422 e. The molecule has 0 aliphatic carbocycles. The lowest BCUT2D eigenvalue weighted by Gasteiger charge is -2.26. The van der Waals surface area contributed by atoms with E-state index in [0.717, 1.165) is 18.7 Å². The van der Waals surface area contributed by atoms with Crippen molar-refractivity contribution in [2.75, 3.05) is 46.1 Å². The molecule has 0 spiro atoms. The monoisotopic (exact) mass is 552 g/mol. The number of rotatable bonds is 12. The zero-order valence-electron chi connectivity index (χ0n) is 22.6. The number of aryl methyl sites for hydroxylation is 1. The lowest BCUT2D eigenvalue weighted by Crippen LogP contribution is -2.38. The maximum atomic E-state index is 13.2. The summed E-state index contributed by atoms with van der Waals surface area (Å²) in [7, 11) is 0. The maximum absolute atomic E-state index is 13.2. The first kappa shape index (κ1) is 30.3. The van der Waals surface area contributed by atoms with Crippen LogP contribution in [0, 0.1) is 12.8 Å². The Morgan fingerprint density at radius 3 is 2.49 bits per heavy atom. The van der Waals surface area contributed by atoms with E-state index in [1.54, 1.807) is 13.0 Å². The molecule has 1 aliphatic heterocycles. The highest BCUT2D eigenvalue weighted by molar-refractivity contribution is 5.96. The fourth-order valence-electron chi connectivity index (χ4n) is 3.89. The molecule has 1 aliphatic rings. The number of aromatic nitrogens is 2. The molecular formula is C27H35F3N4O5. The number of nitrogens with zero attached hydrogens (tertiary/aromatic N) is 3. The number of hydrogen-bond donors (Lipinski definition) is 1. The minimum Gasteiger partial charge on any atom is -0.476 e. The van der Waals surface area contributed by atoms with Crippen molar-refractivity contribution in [1.29, 1.82) is 0 Å². The Kier molecular flexibility index (Phi) is 10.6. The van der Waals surface area contributed by atoms with Crippen LogP contribution in [-0.4, -0.2) is 78.8 Å². The first-order chi connectivity index (χ1) is 18.4.